The van der Waals surface area contributed by atoms with Crippen molar-refractivity contribution in [1.82, 2.24) is 10.2 Å². The average Bonchev–Trinajstić information content (AvgIpc) is 2.98. The molecule has 2 rings (SSSR count). The lowest BCUT2D eigenvalue weighted by Crippen LogP contribution is -2.44. The molecule has 1 aromatic rings. The van der Waals surface area contributed by atoms with E-state index >= 15 is 0 Å². The lowest BCUT2D eigenvalue weighted by atomic mass is 9.85. The number of carbonyl (C=O) groups excluding carboxylic acids is 1. The maximum atomic E-state index is 12.4. The lowest BCUT2D eigenvalue weighted by molar-refractivity contribution is -0.124. The molecule has 1 aromatic heterocycles. The number of hydrogen-bond donors (Lipinski definition) is 2. The van der Waals surface area contributed by atoms with E-state index in [1.165, 1.54) is 4.88 Å². The number of thiophene rings is 1. The standard InChI is InChI=1S/C17H28N2O2S/c1-17(2,3)16(14-5-4-10-22-14)18-15(21)11-19-8-6-13(12-20)7-9-19/h4-5,10,13,16,20H,6-9,11-12H2,1-3H3,(H,18,21). The molecule has 1 aliphatic heterocycles. The van der Waals surface area contributed by atoms with Gasteiger partial charge in [0.1, 0.15) is 0 Å². The Labute approximate surface area is 137 Å². The molecular weight excluding hydrogens is 296 g/mol. The minimum Gasteiger partial charge on any atom is -0.396 e. The van der Waals surface area contributed by atoms with Gasteiger partial charge in [-0.15, -0.1) is 11.3 Å². The van der Waals surface area contributed by atoms with Gasteiger partial charge >= 0.3 is 0 Å². The normalized spacial score (nSPS) is 19.1. The van der Waals surface area contributed by atoms with Crippen LogP contribution in [0.4, 0.5) is 0 Å². The van der Waals surface area contributed by atoms with E-state index in [1.807, 2.05) is 6.07 Å². The maximum Gasteiger partial charge on any atom is 0.234 e. The Kier molecular flexibility index (Phi) is 6.01. The summed E-state index contributed by atoms with van der Waals surface area (Å²) in [6, 6.07) is 4.17. The molecule has 0 aliphatic carbocycles. The number of carbonyl (C=O) groups is 1. The molecule has 1 saturated heterocycles. The molecule has 1 fully saturated rings. The fraction of sp³-hybridized carbons (Fsp3) is 0.706. The van der Waals surface area contributed by atoms with Crippen molar-refractivity contribution in [3.8, 4) is 0 Å². The van der Waals surface area contributed by atoms with E-state index in [-0.39, 0.29) is 24.0 Å². The summed E-state index contributed by atoms with van der Waals surface area (Å²) in [4.78, 5) is 15.8. The monoisotopic (exact) mass is 324 g/mol. The summed E-state index contributed by atoms with van der Waals surface area (Å²) in [6.07, 6.45) is 1.97. The molecule has 22 heavy (non-hydrogen) atoms. The average molecular weight is 324 g/mol. The van der Waals surface area contributed by atoms with Gasteiger partial charge in [0.2, 0.25) is 5.91 Å². The van der Waals surface area contributed by atoms with Crippen LogP contribution in [0.25, 0.3) is 0 Å². The number of nitrogens with zero attached hydrogens (tertiary/aromatic N) is 1. The van der Waals surface area contributed by atoms with Gasteiger partial charge in [-0.2, -0.15) is 0 Å². The van der Waals surface area contributed by atoms with Crippen LogP contribution in [-0.4, -0.2) is 42.2 Å². The molecule has 0 aromatic carbocycles. The third kappa shape index (κ3) is 4.80. The Morgan fingerprint density at radius 1 is 1.45 bits per heavy atom. The topological polar surface area (TPSA) is 52.6 Å². The third-order valence-electron chi connectivity index (χ3n) is 4.33. The highest BCUT2D eigenvalue weighted by Gasteiger charge is 2.29. The maximum absolute atomic E-state index is 12.4. The summed E-state index contributed by atoms with van der Waals surface area (Å²) in [7, 11) is 0. The van der Waals surface area contributed by atoms with Crippen LogP contribution in [0.2, 0.25) is 0 Å². The molecule has 0 radical (unpaired) electrons. The molecule has 1 atom stereocenters. The fourth-order valence-corrected chi connectivity index (χ4v) is 3.93. The zero-order chi connectivity index (χ0) is 16.2. The van der Waals surface area contributed by atoms with E-state index in [2.05, 4.69) is 42.4 Å². The van der Waals surface area contributed by atoms with Gasteiger partial charge in [-0.3, -0.25) is 9.69 Å². The van der Waals surface area contributed by atoms with Crippen molar-refractivity contribution >= 4 is 17.2 Å². The summed E-state index contributed by atoms with van der Waals surface area (Å²) >= 11 is 1.69. The van der Waals surface area contributed by atoms with Crippen LogP contribution in [-0.2, 0) is 4.79 Å². The number of nitrogens with one attached hydrogen (secondary N) is 1. The molecule has 1 amide bonds. The van der Waals surface area contributed by atoms with E-state index in [0.29, 0.717) is 12.5 Å². The molecule has 5 heteroatoms. The van der Waals surface area contributed by atoms with Crippen LogP contribution in [0.1, 0.15) is 44.5 Å². The zero-order valence-electron chi connectivity index (χ0n) is 13.8. The molecule has 2 heterocycles. The molecule has 124 valence electrons. The Bertz CT molecular complexity index is 460. The minimum atomic E-state index is -0.00953. The number of likely N-dealkylation sites (tertiary alicyclic amines) is 1. The van der Waals surface area contributed by atoms with Crippen molar-refractivity contribution in [2.45, 2.75) is 39.7 Å². The first-order chi connectivity index (χ1) is 10.4. The molecular formula is C17H28N2O2S. The van der Waals surface area contributed by atoms with Gasteiger partial charge in [0.15, 0.2) is 0 Å². The van der Waals surface area contributed by atoms with Crippen LogP contribution < -0.4 is 5.32 Å². The Morgan fingerprint density at radius 3 is 2.64 bits per heavy atom. The number of amides is 1. The second kappa shape index (κ2) is 7.57. The predicted octanol–water partition coefficient (Wildman–Crippen LogP) is 2.66. The van der Waals surface area contributed by atoms with Crippen molar-refractivity contribution < 1.29 is 9.90 Å². The van der Waals surface area contributed by atoms with Crippen LogP contribution in [0.3, 0.4) is 0 Å². The molecule has 2 N–H and O–H groups in total. The summed E-state index contributed by atoms with van der Waals surface area (Å²) in [5, 5.41) is 14.4. The van der Waals surface area contributed by atoms with Crippen LogP contribution >= 0.6 is 11.3 Å². The van der Waals surface area contributed by atoms with Gasteiger partial charge in [0, 0.05) is 11.5 Å². The van der Waals surface area contributed by atoms with Gasteiger partial charge in [-0.1, -0.05) is 26.8 Å². The predicted molar refractivity (Wildman–Crippen MR) is 90.9 cm³/mol. The highest BCUT2D eigenvalue weighted by molar-refractivity contribution is 7.10. The SMILES string of the molecule is CC(C)(C)C(NC(=O)CN1CCC(CO)CC1)c1cccs1. The molecule has 4 nitrogen and oxygen atoms in total. The highest BCUT2D eigenvalue weighted by atomic mass is 32.1. The largest absolute Gasteiger partial charge is 0.396 e. The molecule has 1 unspecified atom stereocenters. The number of rotatable bonds is 5. The molecule has 1 aliphatic rings. The van der Waals surface area contributed by atoms with Crippen LogP contribution in [0.15, 0.2) is 17.5 Å². The van der Waals surface area contributed by atoms with Crippen LogP contribution in [0, 0.1) is 11.3 Å². The second-order valence-corrected chi connectivity index (χ2v) is 8.26. The Hall–Kier alpha value is -0.910. The first-order valence-electron chi connectivity index (χ1n) is 8.06. The summed E-state index contributed by atoms with van der Waals surface area (Å²) < 4.78 is 0. The molecule has 0 bridgehead atoms. The first-order valence-corrected chi connectivity index (χ1v) is 8.94. The van der Waals surface area contributed by atoms with Crippen molar-refractivity contribution in [2.75, 3.05) is 26.2 Å². The van der Waals surface area contributed by atoms with Crippen molar-refractivity contribution in [2.24, 2.45) is 11.3 Å². The van der Waals surface area contributed by atoms with Crippen LogP contribution in [0.5, 0.6) is 0 Å². The van der Waals surface area contributed by atoms with Gasteiger partial charge in [0.25, 0.3) is 0 Å². The number of hydrogen-bond acceptors (Lipinski definition) is 4. The highest BCUT2D eigenvalue weighted by Crippen LogP contribution is 2.35. The Balaban J connectivity index is 1.89. The van der Waals surface area contributed by atoms with E-state index in [4.69, 9.17) is 0 Å². The quantitative estimate of drug-likeness (QED) is 0.875. The smallest absolute Gasteiger partial charge is 0.234 e. The van der Waals surface area contributed by atoms with Crippen molar-refractivity contribution in [3.05, 3.63) is 22.4 Å². The van der Waals surface area contributed by atoms with E-state index in [0.717, 1.165) is 25.9 Å². The van der Waals surface area contributed by atoms with E-state index in [9.17, 15) is 9.90 Å². The van der Waals surface area contributed by atoms with Gasteiger partial charge in [-0.25, -0.2) is 0 Å². The second-order valence-electron chi connectivity index (χ2n) is 7.28. The van der Waals surface area contributed by atoms with Gasteiger partial charge < -0.3 is 10.4 Å². The van der Waals surface area contributed by atoms with Gasteiger partial charge in [0.05, 0.1) is 12.6 Å². The summed E-state index contributed by atoms with van der Waals surface area (Å²) in [5.41, 5.74) is -0.00953. The van der Waals surface area contributed by atoms with Gasteiger partial charge in [-0.05, 0) is 48.7 Å². The Morgan fingerprint density at radius 2 is 2.14 bits per heavy atom. The first kappa shape index (κ1) is 17.4. The summed E-state index contributed by atoms with van der Waals surface area (Å²) in [6.45, 7) is 9.00. The third-order valence-corrected chi connectivity index (χ3v) is 5.27. The van der Waals surface area contributed by atoms with Crippen molar-refractivity contribution in [1.29, 1.82) is 0 Å². The van der Waals surface area contributed by atoms with Crippen molar-refractivity contribution in [3.63, 3.8) is 0 Å². The lowest BCUT2D eigenvalue weighted by Gasteiger charge is -2.33. The molecule has 0 saturated carbocycles. The number of piperidine rings is 1. The van der Waals surface area contributed by atoms with E-state index < -0.39 is 0 Å². The number of aliphatic hydroxyl groups excluding tert-OH is 1. The minimum absolute atomic E-state index is 0.00953. The molecule has 0 spiro atoms. The van der Waals surface area contributed by atoms with E-state index in [1.54, 1.807) is 11.3 Å². The summed E-state index contributed by atoms with van der Waals surface area (Å²) in [5.74, 6) is 0.503. The zero-order valence-corrected chi connectivity index (χ0v) is 14.7. The fourth-order valence-electron chi connectivity index (χ4n) is 2.91. The number of aliphatic hydroxyl groups is 1.